The van der Waals surface area contributed by atoms with E-state index in [1.165, 1.54) is 29.2 Å². The normalized spacial score (nSPS) is 11.7. The lowest BCUT2D eigenvalue weighted by Crippen LogP contribution is -2.13. The zero-order chi connectivity index (χ0) is 17.0. The number of thioether (sulfide) groups is 1. The van der Waals surface area contributed by atoms with Crippen LogP contribution in [0.3, 0.4) is 0 Å². The lowest BCUT2D eigenvalue weighted by Gasteiger charge is -2.13. The number of rotatable bonds is 7. The van der Waals surface area contributed by atoms with Crippen LogP contribution in [0.1, 0.15) is 32.3 Å². The number of aromatic nitrogens is 2. The Labute approximate surface area is 144 Å². The Morgan fingerprint density at radius 2 is 2.09 bits per heavy atom. The number of anilines is 1. The van der Waals surface area contributed by atoms with Crippen molar-refractivity contribution in [3.8, 4) is 5.75 Å². The molecule has 0 saturated carbocycles. The molecular formula is C14H19N3O3S3. The molecule has 0 aliphatic heterocycles. The van der Waals surface area contributed by atoms with Crippen molar-refractivity contribution in [3.05, 3.63) is 23.8 Å². The van der Waals surface area contributed by atoms with Crippen molar-refractivity contribution in [1.82, 2.24) is 10.2 Å². The van der Waals surface area contributed by atoms with Crippen molar-refractivity contribution in [2.45, 2.75) is 35.9 Å². The smallest absolute Gasteiger partial charge is 0.263 e. The number of hydrogen-bond acceptors (Lipinski definition) is 7. The Kier molecular flexibility index (Phi) is 5.88. The van der Waals surface area contributed by atoms with E-state index in [2.05, 4.69) is 14.9 Å². The molecule has 6 nitrogen and oxygen atoms in total. The molecule has 9 heteroatoms. The van der Waals surface area contributed by atoms with E-state index in [1.807, 2.05) is 20.8 Å². The molecule has 0 aliphatic rings. The van der Waals surface area contributed by atoms with Crippen molar-refractivity contribution in [1.29, 1.82) is 0 Å². The second-order valence-electron chi connectivity index (χ2n) is 4.97. The van der Waals surface area contributed by atoms with E-state index in [0.717, 1.165) is 15.7 Å². The van der Waals surface area contributed by atoms with Crippen LogP contribution >= 0.6 is 23.1 Å². The third-order valence-electron chi connectivity index (χ3n) is 3.03. The van der Waals surface area contributed by atoms with Crippen molar-refractivity contribution in [2.24, 2.45) is 0 Å². The van der Waals surface area contributed by atoms with Crippen molar-refractivity contribution in [2.75, 3.05) is 17.6 Å². The third kappa shape index (κ3) is 4.36. The maximum Gasteiger partial charge on any atom is 0.263 e. The van der Waals surface area contributed by atoms with Crippen LogP contribution in [-0.4, -0.2) is 31.5 Å². The molecule has 0 aliphatic carbocycles. The second-order valence-corrected chi connectivity index (χ2v) is 9.14. The quantitative estimate of drug-likeness (QED) is 0.747. The van der Waals surface area contributed by atoms with E-state index in [1.54, 1.807) is 19.2 Å². The number of nitrogens with zero attached hydrogens (tertiary/aromatic N) is 2. The Morgan fingerprint density at radius 3 is 2.70 bits per heavy atom. The van der Waals surface area contributed by atoms with Gasteiger partial charge in [-0.1, -0.05) is 43.9 Å². The summed E-state index contributed by atoms with van der Waals surface area (Å²) in [5.41, 5.74) is 0.842. The monoisotopic (exact) mass is 373 g/mol. The molecule has 2 aromatic rings. The summed E-state index contributed by atoms with van der Waals surface area (Å²) in [7, 11) is -2.13. The van der Waals surface area contributed by atoms with Crippen LogP contribution in [0.2, 0.25) is 0 Å². The fourth-order valence-electron chi connectivity index (χ4n) is 1.94. The van der Waals surface area contributed by atoms with Gasteiger partial charge in [-0.3, -0.25) is 4.72 Å². The van der Waals surface area contributed by atoms with Crippen LogP contribution in [0.4, 0.5) is 5.13 Å². The first-order valence-electron chi connectivity index (χ1n) is 7.04. The van der Waals surface area contributed by atoms with E-state index in [4.69, 9.17) is 4.74 Å². The molecule has 0 atom stereocenters. The lowest BCUT2D eigenvalue weighted by atomic mass is 10.0. The maximum atomic E-state index is 12.5. The fraction of sp³-hybridized carbons (Fsp3) is 0.429. The number of methoxy groups -OCH3 is 1. The maximum absolute atomic E-state index is 12.5. The third-order valence-corrected chi connectivity index (χ3v) is 6.35. The van der Waals surface area contributed by atoms with Crippen LogP contribution in [-0.2, 0) is 10.0 Å². The van der Waals surface area contributed by atoms with E-state index in [-0.39, 0.29) is 15.9 Å². The molecule has 126 valence electrons. The number of sulfonamides is 1. The summed E-state index contributed by atoms with van der Waals surface area (Å²) in [6.07, 6.45) is 0. The average molecular weight is 374 g/mol. The van der Waals surface area contributed by atoms with Crippen LogP contribution in [0.15, 0.2) is 27.4 Å². The lowest BCUT2D eigenvalue weighted by molar-refractivity contribution is 0.407. The zero-order valence-electron chi connectivity index (χ0n) is 13.4. The van der Waals surface area contributed by atoms with Crippen LogP contribution < -0.4 is 9.46 Å². The fourth-order valence-corrected chi connectivity index (χ4v) is 4.85. The van der Waals surface area contributed by atoms with Gasteiger partial charge in [0.15, 0.2) is 4.34 Å². The molecule has 0 spiro atoms. The standard InChI is InChI=1S/C14H19N3O3S3/c1-5-21-14-16-15-13(22-14)17-23(18,19)10-6-7-12(20-4)11(8-10)9(2)3/h6-9H,5H2,1-4H3,(H,15,17). The highest BCUT2D eigenvalue weighted by atomic mass is 32.2. The summed E-state index contributed by atoms with van der Waals surface area (Å²) in [6, 6.07) is 4.83. The molecule has 2 rings (SSSR count). The molecule has 0 amide bonds. The minimum Gasteiger partial charge on any atom is -0.496 e. The summed E-state index contributed by atoms with van der Waals surface area (Å²) in [5.74, 6) is 1.68. The number of nitrogens with one attached hydrogen (secondary N) is 1. The molecule has 1 N–H and O–H groups in total. The van der Waals surface area contributed by atoms with Crippen LogP contribution in [0.5, 0.6) is 5.75 Å². The number of ether oxygens (including phenoxy) is 1. The summed E-state index contributed by atoms with van der Waals surface area (Å²) in [6.45, 7) is 5.97. The van der Waals surface area contributed by atoms with Gasteiger partial charge in [0.25, 0.3) is 10.0 Å². The van der Waals surface area contributed by atoms with Gasteiger partial charge in [0.05, 0.1) is 12.0 Å². The van der Waals surface area contributed by atoms with E-state index < -0.39 is 10.0 Å². The highest BCUT2D eigenvalue weighted by Crippen LogP contribution is 2.31. The molecule has 1 heterocycles. The van der Waals surface area contributed by atoms with Gasteiger partial charge in [-0.05, 0) is 35.4 Å². The van der Waals surface area contributed by atoms with E-state index >= 15 is 0 Å². The van der Waals surface area contributed by atoms with Gasteiger partial charge >= 0.3 is 0 Å². The molecule has 1 aromatic heterocycles. The molecule has 0 unspecified atom stereocenters. The van der Waals surface area contributed by atoms with Crippen molar-refractivity contribution in [3.63, 3.8) is 0 Å². The van der Waals surface area contributed by atoms with E-state index in [9.17, 15) is 8.42 Å². The van der Waals surface area contributed by atoms with Gasteiger partial charge in [-0.2, -0.15) is 0 Å². The van der Waals surface area contributed by atoms with Gasteiger partial charge in [-0.25, -0.2) is 8.42 Å². The largest absolute Gasteiger partial charge is 0.496 e. The number of benzene rings is 1. The summed E-state index contributed by atoms with van der Waals surface area (Å²) in [4.78, 5) is 0.182. The topological polar surface area (TPSA) is 81.2 Å². The SMILES string of the molecule is CCSc1nnc(NS(=O)(=O)c2ccc(OC)c(C(C)C)c2)s1. The summed E-state index contributed by atoms with van der Waals surface area (Å²) >= 11 is 2.75. The summed E-state index contributed by atoms with van der Waals surface area (Å²) in [5, 5.41) is 8.08. The first-order valence-corrected chi connectivity index (χ1v) is 10.3. The predicted molar refractivity (Wildman–Crippen MR) is 94.2 cm³/mol. The second kappa shape index (κ2) is 7.50. The minimum atomic E-state index is -3.70. The Morgan fingerprint density at radius 1 is 1.35 bits per heavy atom. The summed E-state index contributed by atoms with van der Waals surface area (Å²) < 4.78 is 33.5. The Hall–Kier alpha value is -1.32. The van der Waals surface area contributed by atoms with Gasteiger partial charge in [-0.15, -0.1) is 10.2 Å². The average Bonchev–Trinajstić information content (AvgIpc) is 2.93. The van der Waals surface area contributed by atoms with Gasteiger partial charge in [0.1, 0.15) is 5.75 Å². The van der Waals surface area contributed by atoms with Gasteiger partial charge in [0, 0.05) is 0 Å². The highest BCUT2D eigenvalue weighted by Gasteiger charge is 2.19. The first-order chi connectivity index (χ1) is 10.9. The predicted octanol–water partition coefficient (Wildman–Crippen LogP) is 3.58. The van der Waals surface area contributed by atoms with Gasteiger partial charge < -0.3 is 4.74 Å². The van der Waals surface area contributed by atoms with E-state index in [0.29, 0.717) is 5.75 Å². The van der Waals surface area contributed by atoms with Crippen LogP contribution in [0, 0.1) is 0 Å². The minimum absolute atomic E-state index is 0.147. The molecule has 0 fully saturated rings. The molecule has 23 heavy (non-hydrogen) atoms. The highest BCUT2D eigenvalue weighted by molar-refractivity contribution is 8.01. The number of hydrogen-bond donors (Lipinski definition) is 1. The zero-order valence-corrected chi connectivity index (χ0v) is 15.8. The van der Waals surface area contributed by atoms with Crippen LogP contribution in [0.25, 0.3) is 0 Å². The molecule has 0 bridgehead atoms. The Bertz CT molecular complexity index is 773. The van der Waals surface area contributed by atoms with Gasteiger partial charge in [0.2, 0.25) is 5.13 Å². The van der Waals surface area contributed by atoms with Crippen molar-refractivity contribution >= 4 is 38.3 Å². The molecule has 0 saturated heterocycles. The molecule has 1 aromatic carbocycles. The Balaban J connectivity index is 2.29. The molecular weight excluding hydrogens is 354 g/mol. The molecule has 0 radical (unpaired) electrons. The van der Waals surface area contributed by atoms with Crippen molar-refractivity contribution < 1.29 is 13.2 Å². The first kappa shape index (κ1) is 18.0.